The lowest BCUT2D eigenvalue weighted by atomic mass is 10.0. The van der Waals surface area contributed by atoms with E-state index in [9.17, 15) is 4.79 Å². The molecule has 1 saturated carbocycles. The van der Waals surface area contributed by atoms with Crippen molar-refractivity contribution in [3.63, 3.8) is 0 Å². The van der Waals surface area contributed by atoms with E-state index in [1.54, 1.807) is 0 Å². The number of unbranched alkanes of at least 4 members (excludes halogenated alkanes) is 2. The van der Waals surface area contributed by atoms with Gasteiger partial charge in [0, 0.05) is 18.9 Å². The molecule has 2 heteroatoms. The highest BCUT2D eigenvalue weighted by atomic mass is 16.2. The molecule has 0 heterocycles. The third-order valence-corrected chi connectivity index (χ3v) is 4.33. The lowest BCUT2D eigenvalue weighted by Crippen LogP contribution is -2.28. The molecule has 1 amide bonds. The summed E-state index contributed by atoms with van der Waals surface area (Å²) >= 11 is 0. The molecule has 0 unspecified atom stereocenters. The fourth-order valence-corrected chi connectivity index (χ4v) is 2.52. The van der Waals surface area contributed by atoms with E-state index >= 15 is 0 Å². The largest absolute Gasteiger partial charge is 0.356 e. The van der Waals surface area contributed by atoms with E-state index in [1.807, 2.05) is 0 Å². The number of hydrogen-bond acceptors (Lipinski definition) is 1. The monoisotopic (exact) mass is 221 g/mol. The average Bonchev–Trinajstić information content (AvgIpc) is 2.57. The molecule has 0 aromatic rings. The van der Waals surface area contributed by atoms with E-state index in [4.69, 9.17) is 6.42 Å². The molecule has 1 fully saturated rings. The van der Waals surface area contributed by atoms with Gasteiger partial charge in [-0.25, -0.2) is 0 Å². The first-order valence-electron chi connectivity index (χ1n) is 6.07. The van der Waals surface area contributed by atoms with Crippen LogP contribution < -0.4 is 5.32 Å². The molecular weight excluding hydrogens is 198 g/mol. The van der Waals surface area contributed by atoms with Gasteiger partial charge >= 0.3 is 0 Å². The summed E-state index contributed by atoms with van der Waals surface area (Å²) in [5, 5.41) is 3.01. The van der Waals surface area contributed by atoms with Crippen molar-refractivity contribution >= 4 is 5.91 Å². The number of amides is 1. The van der Waals surface area contributed by atoms with Crippen LogP contribution in [0.3, 0.4) is 0 Å². The van der Waals surface area contributed by atoms with Crippen LogP contribution in [0.5, 0.6) is 0 Å². The van der Waals surface area contributed by atoms with Crippen LogP contribution in [0, 0.1) is 29.1 Å². The van der Waals surface area contributed by atoms with Gasteiger partial charge in [-0.05, 0) is 23.7 Å². The first-order chi connectivity index (χ1) is 7.35. The summed E-state index contributed by atoms with van der Waals surface area (Å²) in [5.41, 5.74) is 0.270. The molecule has 0 radical (unpaired) electrons. The Balaban J connectivity index is 2.26. The Morgan fingerprint density at radius 2 is 1.81 bits per heavy atom. The fourth-order valence-electron chi connectivity index (χ4n) is 2.52. The highest BCUT2D eigenvalue weighted by Crippen LogP contribution is 2.68. The second-order valence-electron chi connectivity index (χ2n) is 5.83. The third kappa shape index (κ3) is 2.24. The van der Waals surface area contributed by atoms with Crippen LogP contribution in [-0.4, -0.2) is 12.5 Å². The van der Waals surface area contributed by atoms with Crippen molar-refractivity contribution in [1.29, 1.82) is 0 Å². The first kappa shape index (κ1) is 13.1. The maximum Gasteiger partial charge on any atom is 0.224 e. The van der Waals surface area contributed by atoms with Crippen molar-refractivity contribution in [3.8, 4) is 12.3 Å². The number of rotatable bonds is 5. The van der Waals surface area contributed by atoms with Crippen molar-refractivity contribution in [2.75, 3.05) is 6.54 Å². The number of terminal acetylenes is 1. The SMILES string of the molecule is C#CCCCCNC(=O)C1C(C)(C)C1(C)C. The van der Waals surface area contributed by atoms with E-state index in [1.165, 1.54) is 0 Å². The van der Waals surface area contributed by atoms with Crippen molar-refractivity contribution in [2.45, 2.75) is 47.0 Å². The standard InChI is InChI=1S/C14H23NO/c1-6-7-8-9-10-15-12(16)11-13(2,3)14(11,4)5/h1,11H,7-10H2,2-5H3,(H,15,16). The van der Waals surface area contributed by atoms with Crippen molar-refractivity contribution in [3.05, 3.63) is 0 Å². The number of carbonyl (C=O) groups is 1. The number of hydrogen-bond donors (Lipinski definition) is 1. The van der Waals surface area contributed by atoms with Gasteiger partial charge in [-0.15, -0.1) is 12.3 Å². The minimum absolute atomic E-state index is 0.135. The van der Waals surface area contributed by atoms with Gasteiger partial charge in [0.25, 0.3) is 0 Å². The Morgan fingerprint density at radius 3 is 2.25 bits per heavy atom. The molecule has 0 saturated heterocycles. The molecule has 0 bridgehead atoms. The molecule has 90 valence electrons. The summed E-state index contributed by atoms with van der Waals surface area (Å²) < 4.78 is 0. The minimum Gasteiger partial charge on any atom is -0.356 e. The van der Waals surface area contributed by atoms with Crippen molar-refractivity contribution in [1.82, 2.24) is 5.32 Å². The summed E-state index contributed by atoms with van der Waals surface area (Å²) in [6.07, 6.45) is 7.93. The number of nitrogens with one attached hydrogen (secondary N) is 1. The Hall–Kier alpha value is -0.970. The molecular formula is C14H23NO. The zero-order valence-electron chi connectivity index (χ0n) is 10.9. The highest BCUT2D eigenvalue weighted by Gasteiger charge is 2.68. The van der Waals surface area contributed by atoms with Crippen LogP contribution in [0.25, 0.3) is 0 Å². The van der Waals surface area contributed by atoms with Gasteiger partial charge in [0.2, 0.25) is 5.91 Å². The zero-order valence-corrected chi connectivity index (χ0v) is 10.9. The van der Waals surface area contributed by atoms with E-state index in [-0.39, 0.29) is 22.7 Å². The fraction of sp³-hybridized carbons (Fsp3) is 0.786. The molecule has 1 N–H and O–H groups in total. The molecule has 1 aliphatic rings. The van der Waals surface area contributed by atoms with Gasteiger partial charge in [-0.2, -0.15) is 0 Å². The van der Waals surface area contributed by atoms with Gasteiger partial charge in [0.05, 0.1) is 0 Å². The zero-order chi connectivity index (χ0) is 12.4. The molecule has 2 nitrogen and oxygen atoms in total. The van der Waals surface area contributed by atoms with Crippen LogP contribution in [0.15, 0.2) is 0 Å². The normalized spacial score (nSPS) is 21.2. The predicted octanol–water partition coefficient (Wildman–Crippen LogP) is 2.59. The summed E-state index contributed by atoms with van der Waals surface area (Å²) in [7, 11) is 0. The smallest absolute Gasteiger partial charge is 0.224 e. The summed E-state index contributed by atoms with van der Waals surface area (Å²) in [6, 6.07) is 0. The second kappa shape index (κ2) is 4.49. The molecule has 0 aromatic carbocycles. The van der Waals surface area contributed by atoms with E-state index in [0.717, 1.165) is 25.8 Å². The minimum atomic E-state index is 0.135. The van der Waals surface area contributed by atoms with Gasteiger partial charge in [0.1, 0.15) is 0 Å². The van der Waals surface area contributed by atoms with Gasteiger partial charge in [-0.1, -0.05) is 27.7 Å². The topological polar surface area (TPSA) is 29.1 Å². The predicted molar refractivity (Wildman–Crippen MR) is 66.7 cm³/mol. The van der Waals surface area contributed by atoms with Crippen molar-refractivity contribution < 1.29 is 4.79 Å². The lowest BCUT2D eigenvalue weighted by molar-refractivity contribution is -0.123. The summed E-state index contributed by atoms with van der Waals surface area (Å²) in [4.78, 5) is 11.9. The maximum atomic E-state index is 11.9. The Kier molecular flexibility index (Phi) is 3.68. The van der Waals surface area contributed by atoms with E-state index in [0.29, 0.717) is 0 Å². The van der Waals surface area contributed by atoms with Crippen molar-refractivity contribution in [2.24, 2.45) is 16.7 Å². The van der Waals surface area contributed by atoms with Crippen LogP contribution in [0.1, 0.15) is 47.0 Å². The Labute approximate surface area is 99.2 Å². The third-order valence-electron chi connectivity index (χ3n) is 4.33. The molecule has 0 aromatic heterocycles. The van der Waals surface area contributed by atoms with Gasteiger partial charge < -0.3 is 5.32 Å². The summed E-state index contributed by atoms with van der Waals surface area (Å²) in [6.45, 7) is 9.40. The highest BCUT2D eigenvalue weighted by molar-refractivity contribution is 5.84. The Bertz CT molecular complexity index is 295. The van der Waals surface area contributed by atoms with Crippen LogP contribution in [0.4, 0.5) is 0 Å². The molecule has 1 aliphatic carbocycles. The van der Waals surface area contributed by atoms with Gasteiger partial charge in [-0.3, -0.25) is 4.79 Å². The number of carbonyl (C=O) groups excluding carboxylic acids is 1. The molecule has 16 heavy (non-hydrogen) atoms. The molecule has 0 spiro atoms. The van der Waals surface area contributed by atoms with Crippen LogP contribution in [-0.2, 0) is 4.79 Å². The quantitative estimate of drug-likeness (QED) is 0.561. The second-order valence-corrected chi connectivity index (χ2v) is 5.83. The molecule has 0 atom stereocenters. The van der Waals surface area contributed by atoms with E-state index < -0.39 is 0 Å². The first-order valence-corrected chi connectivity index (χ1v) is 6.07. The lowest BCUT2D eigenvalue weighted by Gasteiger charge is -2.05. The van der Waals surface area contributed by atoms with Gasteiger partial charge in [0.15, 0.2) is 0 Å². The molecule has 1 rings (SSSR count). The average molecular weight is 221 g/mol. The van der Waals surface area contributed by atoms with Crippen LogP contribution >= 0.6 is 0 Å². The van der Waals surface area contributed by atoms with Crippen LogP contribution in [0.2, 0.25) is 0 Å². The maximum absolute atomic E-state index is 11.9. The Morgan fingerprint density at radius 1 is 1.25 bits per heavy atom. The van der Waals surface area contributed by atoms with E-state index in [2.05, 4.69) is 38.9 Å². The molecule has 0 aliphatic heterocycles. The summed E-state index contributed by atoms with van der Waals surface area (Å²) in [5.74, 6) is 2.97.